The van der Waals surface area contributed by atoms with Crippen LogP contribution in [0.5, 0.6) is 0 Å². The van der Waals surface area contributed by atoms with Crippen LogP contribution in [0, 0.1) is 0 Å². The second kappa shape index (κ2) is 6.71. The molecule has 0 aliphatic carbocycles. The molecule has 0 unspecified atom stereocenters. The highest BCUT2D eigenvalue weighted by atomic mass is 32.2. The van der Waals surface area contributed by atoms with Gasteiger partial charge in [0.2, 0.25) is 0 Å². The summed E-state index contributed by atoms with van der Waals surface area (Å²) in [7, 11) is 0. The third-order valence-electron chi connectivity index (χ3n) is 3.57. The molecule has 3 rings (SSSR count). The van der Waals surface area contributed by atoms with Crippen LogP contribution < -0.4 is 0 Å². The van der Waals surface area contributed by atoms with Gasteiger partial charge in [-0.05, 0) is 35.6 Å². The lowest BCUT2D eigenvalue weighted by atomic mass is 10.1. The average molecular weight is 311 g/mol. The van der Waals surface area contributed by atoms with Crippen molar-refractivity contribution in [3.63, 3.8) is 0 Å². The summed E-state index contributed by atoms with van der Waals surface area (Å²) in [6.45, 7) is 0.315. The lowest BCUT2D eigenvalue weighted by molar-refractivity contribution is -0.144. The third-order valence-corrected chi connectivity index (χ3v) is 4.31. The minimum atomic E-state index is -0.210. The van der Waals surface area contributed by atoms with Crippen LogP contribution in [0.1, 0.15) is 11.1 Å². The molecule has 0 bridgehead atoms. The lowest BCUT2D eigenvalue weighted by Gasteiger charge is -2.05. The number of aromatic nitrogens is 1. The average Bonchev–Trinajstić information content (AvgIpc) is 2.97. The third kappa shape index (κ3) is 3.34. The van der Waals surface area contributed by atoms with Crippen LogP contribution in [-0.2, 0) is 22.6 Å². The van der Waals surface area contributed by atoms with Crippen LogP contribution in [0.25, 0.3) is 10.9 Å². The van der Waals surface area contributed by atoms with Gasteiger partial charge in [0, 0.05) is 22.0 Å². The van der Waals surface area contributed by atoms with Crippen molar-refractivity contribution in [1.29, 1.82) is 0 Å². The van der Waals surface area contributed by atoms with Crippen LogP contribution >= 0.6 is 11.8 Å². The maximum absolute atomic E-state index is 12.0. The van der Waals surface area contributed by atoms with Crippen molar-refractivity contribution in [3.8, 4) is 0 Å². The topological polar surface area (TPSA) is 42.1 Å². The van der Waals surface area contributed by atoms with Crippen molar-refractivity contribution in [2.24, 2.45) is 0 Å². The first-order valence-corrected chi connectivity index (χ1v) is 8.32. The number of rotatable bonds is 5. The highest BCUT2D eigenvalue weighted by Gasteiger charge is 2.09. The van der Waals surface area contributed by atoms with E-state index in [2.05, 4.69) is 4.98 Å². The minimum Gasteiger partial charge on any atom is -0.461 e. The second-order valence-electron chi connectivity index (χ2n) is 5.05. The van der Waals surface area contributed by atoms with Gasteiger partial charge in [-0.1, -0.05) is 30.3 Å². The van der Waals surface area contributed by atoms with Crippen molar-refractivity contribution in [3.05, 3.63) is 65.9 Å². The molecule has 3 aromatic rings. The summed E-state index contributed by atoms with van der Waals surface area (Å²) in [6.07, 6.45) is 4.20. The van der Waals surface area contributed by atoms with Gasteiger partial charge in [-0.3, -0.25) is 4.79 Å². The van der Waals surface area contributed by atoms with E-state index in [1.165, 1.54) is 4.90 Å². The van der Waals surface area contributed by atoms with Crippen molar-refractivity contribution in [1.82, 2.24) is 4.98 Å². The number of benzene rings is 2. The van der Waals surface area contributed by atoms with Gasteiger partial charge in [-0.15, -0.1) is 11.8 Å². The first kappa shape index (κ1) is 14.7. The van der Waals surface area contributed by atoms with Gasteiger partial charge in [0.15, 0.2) is 0 Å². The Bertz CT molecular complexity index is 777. The van der Waals surface area contributed by atoms with Gasteiger partial charge in [-0.2, -0.15) is 0 Å². The molecular formula is C18H17NO2S. The molecule has 1 N–H and O–H groups in total. The van der Waals surface area contributed by atoms with E-state index in [9.17, 15) is 4.79 Å². The maximum atomic E-state index is 12.0. The van der Waals surface area contributed by atoms with Gasteiger partial charge in [0.05, 0.1) is 6.42 Å². The molecule has 0 saturated heterocycles. The Labute approximate surface area is 133 Å². The van der Waals surface area contributed by atoms with Gasteiger partial charge >= 0.3 is 5.97 Å². The van der Waals surface area contributed by atoms with Crippen LogP contribution in [-0.4, -0.2) is 17.2 Å². The van der Waals surface area contributed by atoms with Gasteiger partial charge in [0.25, 0.3) is 0 Å². The first-order valence-electron chi connectivity index (χ1n) is 7.10. The SMILES string of the molecule is CSc1ccc(COC(=O)Cc2c[nH]c3ccccc23)cc1. The van der Waals surface area contributed by atoms with Crippen LogP contribution in [0.3, 0.4) is 0 Å². The molecule has 0 aliphatic rings. The Kier molecular flexibility index (Phi) is 4.49. The van der Waals surface area contributed by atoms with E-state index in [-0.39, 0.29) is 12.4 Å². The molecular weight excluding hydrogens is 294 g/mol. The van der Waals surface area contributed by atoms with E-state index in [1.807, 2.05) is 61.0 Å². The molecule has 4 heteroatoms. The molecule has 22 heavy (non-hydrogen) atoms. The van der Waals surface area contributed by atoms with Crippen LogP contribution in [0.2, 0.25) is 0 Å². The van der Waals surface area contributed by atoms with E-state index >= 15 is 0 Å². The Balaban J connectivity index is 1.60. The number of carbonyl (C=O) groups excluding carboxylic acids is 1. The molecule has 112 valence electrons. The highest BCUT2D eigenvalue weighted by molar-refractivity contribution is 7.98. The van der Waals surface area contributed by atoms with E-state index < -0.39 is 0 Å². The quantitative estimate of drug-likeness (QED) is 0.568. The number of thioether (sulfide) groups is 1. The summed E-state index contributed by atoms with van der Waals surface area (Å²) < 4.78 is 5.36. The lowest BCUT2D eigenvalue weighted by Crippen LogP contribution is -2.07. The Morgan fingerprint density at radius 1 is 1.14 bits per heavy atom. The summed E-state index contributed by atoms with van der Waals surface area (Å²) in [6, 6.07) is 16.0. The van der Waals surface area contributed by atoms with E-state index in [0.29, 0.717) is 6.61 Å². The summed E-state index contributed by atoms with van der Waals surface area (Å²) >= 11 is 1.69. The standard InChI is InChI=1S/C18H17NO2S/c1-22-15-8-6-13(7-9-15)12-21-18(20)10-14-11-19-17-5-3-2-4-16(14)17/h2-9,11,19H,10,12H2,1H3. The summed E-state index contributed by atoms with van der Waals surface area (Å²) in [4.78, 5) is 16.4. The first-order chi connectivity index (χ1) is 10.8. The molecule has 0 atom stereocenters. The predicted molar refractivity (Wildman–Crippen MR) is 90.0 cm³/mol. The number of carbonyl (C=O) groups is 1. The number of ether oxygens (including phenoxy) is 1. The largest absolute Gasteiger partial charge is 0.461 e. The second-order valence-corrected chi connectivity index (χ2v) is 5.92. The Morgan fingerprint density at radius 2 is 1.91 bits per heavy atom. The maximum Gasteiger partial charge on any atom is 0.310 e. The normalized spacial score (nSPS) is 10.8. The van der Waals surface area contributed by atoms with Crippen LogP contribution in [0.15, 0.2) is 59.6 Å². The summed E-state index contributed by atoms with van der Waals surface area (Å²) in [5.41, 5.74) is 3.02. The minimum absolute atomic E-state index is 0.210. The number of nitrogens with one attached hydrogen (secondary N) is 1. The molecule has 3 nitrogen and oxygen atoms in total. The fraction of sp³-hybridized carbons (Fsp3) is 0.167. The van der Waals surface area contributed by atoms with Crippen LogP contribution in [0.4, 0.5) is 0 Å². The fourth-order valence-electron chi connectivity index (χ4n) is 2.37. The molecule has 0 saturated carbocycles. The summed E-state index contributed by atoms with van der Waals surface area (Å²) in [5, 5.41) is 1.07. The zero-order valence-electron chi connectivity index (χ0n) is 12.3. The van der Waals surface area contributed by atoms with Crippen molar-refractivity contribution in [2.75, 3.05) is 6.26 Å². The molecule has 1 heterocycles. The number of aromatic amines is 1. The van der Waals surface area contributed by atoms with Gasteiger partial charge in [0.1, 0.15) is 6.61 Å². The number of H-pyrrole nitrogens is 1. The predicted octanol–water partition coefficient (Wildman–Crippen LogP) is 4.18. The smallest absolute Gasteiger partial charge is 0.310 e. The fourth-order valence-corrected chi connectivity index (χ4v) is 2.78. The van der Waals surface area contributed by atoms with Crippen molar-refractivity contribution >= 4 is 28.6 Å². The number of hydrogen-bond acceptors (Lipinski definition) is 3. The molecule has 0 radical (unpaired) electrons. The molecule has 0 aliphatic heterocycles. The molecule has 1 aromatic heterocycles. The van der Waals surface area contributed by atoms with Gasteiger partial charge in [-0.25, -0.2) is 0 Å². The number of esters is 1. The molecule has 0 amide bonds. The Morgan fingerprint density at radius 3 is 2.68 bits per heavy atom. The van der Waals surface area contributed by atoms with Crippen molar-refractivity contribution in [2.45, 2.75) is 17.9 Å². The van der Waals surface area contributed by atoms with E-state index in [1.54, 1.807) is 11.8 Å². The van der Waals surface area contributed by atoms with E-state index in [0.717, 1.165) is 22.0 Å². The zero-order chi connectivity index (χ0) is 15.4. The number of para-hydroxylation sites is 1. The molecule has 0 fully saturated rings. The van der Waals surface area contributed by atoms with E-state index in [4.69, 9.17) is 4.74 Å². The van der Waals surface area contributed by atoms with Gasteiger partial charge < -0.3 is 9.72 Å². The Hall–Kier alpha value is -2.20. The number of fused-ring (bicyclic) bond motifs is 1. The monoisotopic (exact) mass is 311 g/mol. The summed E-state index contributed by atoms with van der Waals surface area (Å²) in [5.74, 6) is -0.210. The number of hydrogen-bond donors (Lipinski definition) is 1. The molecule has 0 spiro atoms. The zero-order valence-corrected chi connectivity index (χ0v) is 13.2. The highest BCUT2D eigenvalue weighted by Crippen LogP contribution is 2.19. The molecule has 2 aromatic carbocycles. The van der Waals surface area contributed by atoms with Crippen molar-refractivity contribution < 1.29 is 9.53 Å².